The number of esters is 1. The molecule has 0 unspecified atom stereocenters. The predicted octanol–water partition coefficient (Wildman–Crippen LogP) is 2.54. The quantitative estimate of drug-likeness (QED) is 0.346. The van der Waals surface area contributed by atoms with Gasteiger partial charge < -0.3 is 15.4 Å². The Balaban J connectivity index is 2.61. The molecule has 2 N–H and O–H groups in total. The molecule has 0 aliphatic rings. The van der Waals surface area contributed by atoms with Crippen molar-refractivity contribution in [1.29, 1.82) is 5.26 Å². The van der Waals surface area contributed by atoms with Crippen molar-refractivity contribution in [2.24, 2.45) is 0 Å². The zero-order valence-corrected chi connectivity index (χ0v) is 13.7. The summed E-state index contributed by atoms with van der Waals surface area (Å²) in [7, 11) is 0. The van der Waals surface area contributed by atoms with E-state index in [1.54, 1.807) is 31.2 Å². The summed E-state index contributed by atoms with van der Waals surface area (Å²) in [6.45, 7) is 4.13. The van der Waals surface area contributed by atoms with Gasteiger partial charge in [-0.2, -0.15) is 5.26 Å². The first kappa shape index (κ1) is 18.5. The van der Waals surface area contributed by atoms with E-state index in [1.165, 1.54) is 6.20 Å². The predicted molar refractivity (Wildman–Crippen MR) is 87.8 cm³/mol. The second kappa shape index (κ2) is 9.49. The summed E-state index contributed by atoms with van der Waals surface area (Å²) in [4.78, 5) is 23.2. The van der Waals surface area contributed by atoms with E-state index in [-0.39, 0.29) is 24.5 Å². The third kappa shape index (κ3) is 6.41. The molecule has 7 heteroatoms. The highest BCUT2D eigenvalue weighted by Crippen LogP contribution is 2.20. The molecular formula is C16H18ClN3O3. The maximum atomic E-state index is 12.1. The first-order chi connectivity index (χ1) is 11.0. The molecule has 0 aliphatic carbocycles. The fraction of sp³-hybridized carbons (Fsp3) is 0.312. The van der Waals surface area contributed by atoms with Crippen LogP contribution in [0.5, 0.6) is 0 Å². The molecule has 1 aromatic rings. The number of nitrogens with one attached hydrogen (secondary N) is 2. The highest BCUT2D eigenvalue weighted by Gasteiger charge is 2.11. The van der Waals surface area contributed by atoms with E-state index in [9.17, 15) is 9.59 Å². The summed E-state index contributed by atoms with van der Waals surface area (Å²) in [5, 5.41) is 14.9. The van der Waals surface area contributed by atoms with Gasteiger partial charge in [0.05, 0.1) is 13.0 Å². The lowest BCUT2D eigenvalue weighted by Gasteiger charge is -2.08. The van der Waals surface area contributed by atoms with Gasteiger partial charge in [0.1, 0.15) is 11.6 Å². The normalized spacial score (nSPS) is 10.6. The third-order valence-electron chi connectivity index (χ3n) is 2.84. The van der Waals surface area contributed by atoms with E-state index in [0.29, 0.717) is 17.3 Å². The average molecular weight is 336 g/mol. The Labute approximate surface area is 140 Å². The van der Waals surface area contributed by atoms with E-state index in [2.05, 4.69) is 10.6 Å². The Morgan fingerprint density at radius 3 is 2.83 bits per heavy atom. The zero-order valence-electron chi connectivity index (χ0n) is 13.0. The van der Waals surface area contributed by atoms with Crippen molar-refractivity contribution < 1.29 is 14.3 Å². The summed E-state index contributed by atoms with van der Waals surface area (Å²) in [5.41, 5.74) is 1.26. The van der Waals surface area contributed by atoms with E-state index in [0.717, 1.165) is 5.56 Å². The number of halogens is 1. The van der Waals surface area contributed by atoms with Crippen LogP contribution in [-0.4, -0.2) is 25.0 Å². The van der Waals surface area contributed by atoms with Gasteiger partial charge in [-0.15, -0.1) is 0 Å². The highest BCUT2D eigenvalue weighted by molar-refractivity contribution is 6.31. The summed E-state index contributed by atoms with van der Waals surface area (Å²) in [6, 6.07) is 6.90. The molecule has 0 aliphatic heterocycles. The van der Waals surface area contributed by atoms with E-state index in [1.807, 2.05) is 6.92 Å². The number of nitriles is 1. The van der Waals surface area contributed by atoms with Crippen LogP contribution in [0, 0.1) is 18.3 Å². The van der Waals surface area contributed by atoms with Crippen LogP contribution >= 0.6 is 11.6 Å². The SMILES string of the molecule is CCOC(=O)CCN/C=C(/C#N)C(=O)Nc1cc(Cl)ccc1C. The largest absolute Gasteiger partial charge is 0.466 e. The molecule has 0 atom stereocenters. The number of nitrogens with zero attached hydrogens (tertiary/aromatic N) is 1. The van der Waals surface area contributed by atoms with E-state index >= 15 is 0 Å². The number of aryl methyl sites for hydroxylation is 1. The van der Waals surface area contributed by atoms with Gasteiger partial charge in [0.25, 0.3) is 5.91 Å². The van der Waals surface area contributed by atoms with Crippen LogP contribution in [0.25, 0.3) is 0 Å². The van der Waals surface area contributed by atoms with Gasteiger partial charge in [-0.25, -0.2) is 0 Å². The number of carbonyl (C=O) groups is 2. The van der Waals surface area contributed by atoms with Crippen molar-refractivity contribution in [3.63, 3.8) is 0 Å². The molecule has 0 spiro atoms. The monoisotopic (exact) mass is 335 g/mol. The molecule has 122 valence electrons. The van der Waals surface area contributed by atoms with Gasteiger partial charge in [-0.05, 0) is 31.5 Å². The second-order valence-electron chi connectivity index (χ2n) is 4.59. The number of hydrogen-bond acceptors (Lipinski definition) is 5. The Kier molecular flexibility index (Phi) is 7.64. The smallest absolute Gasteiger partial charge is 0.307 e. The van der Waals surface area contributed by atoms with E-state index in [4.69, 9.17) is 21.6 Å². The number of rotatable bonds is 7. The van der Waals surface area contributed by atoms with Gasteiger partial charge in [-0.1, -0.05) is 17.7 Å². The molecule has 0 bridgehead atoms. The number of carbonyl (C=O) groups excluding carboxylic acids is 2. The number of amides is 1. The number of ether oxygens (including phenoxy) is 1. The molecule has 1 amide bonds. The minimum absolute atomic E-state index is 0.103. The highest BCUT2D eigenvalue weighted by atomic mass is 35.5. The van der Waals surface area contributed by atoms with Crippen molar-refractivity contribution >= 4 is 29.2 Å². The fourth-order valence-electron chi connectivity index (χ4n) is 1.65. The van der Waals surface area contributed by atoms with Crippen LogP contribution in [0.15, 0.2) is 30.0 Å². The molecule has 23 heavy (non-hydrogen) atoms. The van der Waals surface area contributed by atoms with Crippen LogP contribution < -0.4 is 10.6 Å². The first-order valence-corrected chi connectivity index (χ1v) is 7.42. The summed E-state index contributed by atoms with van der Waals surface area (Å²) >= 11 is 5.88. The molecule has 1 rings (SSSR count). The molecule has 0 radical (unpaired) electrons. The van der Waals surface area contributed by atoms with Gasteiger partial charge in [0.2, 0.25) is 0 Å². The third-order valence-corrected chi connectivity index (χ3v) is 3.07. The second-order valence-corrected chi connectivity index (χ2v) is 5.03. The number of anilines is 1. The van der Waals surface area contributed by atoms with Gasteiger partial charge in [0.15, 0.2) is 0 Å². The van der Waals surface area contributed by atoms with Crippen molar-refractivity contribution in [1.82, 2.24) is 5.32 Å². The molecule has 1 aromatic carbocycles. The van der Waals surface area contributed by atoms with E-state index < -0.39 is 5.91 Å². The fourth-order valence-corrected chi connectivity index (χ4v) is 1.82. The first-order valence-electron chi connectivity index (χ1n) is 7.04. The lowest BCUT2D eigenvalue weighted by Crippen LogP contribution is -2.19. The minimum atomic E-state index is -0.554. The Hall–Kier alpha value is -2.52. The number of benzene rings is 1. The Morgan fingerprint density at radius 1 is 1.43 bits per heavy atom. The average Bonchev–Trinajstić information content (AvgIpc) is 2.51. The van der Waals surface area contributed by atoms with Crippen molar-refractivity contribution in [3.05, 3.63) is 40.6 Å². The Bertz CT molecular complexity index is 650. The summed E-state index contributed by atoms with van der Waals surface area (Å²) in [5.74, 6) is -0.896. The van der Waals surface area contributed by atoms with Gasteiger partial charge in [0, 0.05) is 23.5 Å². The Morgan fingerprint density at radius 2 is 2.17 bits per heavy atom. The topological polar surface area (TPSA) is 91.2 Å². The van der Waals surface area contributed by atoms with Crippen LogP contribution in [-0.2, 0) is 14.3 Å². The van der Waals surface area contributed by atoms with Crippen LogP contribution in [0.4, 0.5) is 5.69 Å². The van der Waals surface area contributed by atoms with Crippen molar-refractivity contribution in [2.45, 2.75) is 20.3 Å². The molecule has 6 nitrogen and oxygen atoms in total. The standard InChI is InChI=1S/C16H18ClN3O3/c1-3-23-15(21)6-7-19-10-12(9-18)16(22)20-14-8-13(17)5-4-11(14)2/h4-5,8,10,19H,3,6-7H2,1-2H3,(H,20,22)/b12-10-. The summed E-state index contributed by atoms with van der Waals surface area (Å²) in [6.07, 6.45) is 1.42. The maximum Gasteiger partial charge on any atom is 0.307 e. The van der Waals surface area contributed by atoms with Crippen LogP contribution in [0.3, 0.4) is 0 Å². The molecule has 0 saturated carbocycles. The summed E-state index contributed by atoms with van der Waals surface area (Å²) < 4.78 is 4.77. The van der Waals surface area contributed by atoms with Crippen LogP contribution in [0.1, 0.15) is 18.9 Å². The molecular weight excluding hydrogens is 318 g/mol. The minimum Gasteiger partial charge on any atom is -0.466 e. The van der Waals surface area contributed by atoms with Gasteiger partial charge >= 0.3 is 5.97 Å². The molecule has 0 heterocycles. The molecule has 0 aromatic heterocycles. The van der Waals surface area contributed by atoms with Crippen LogP contribution in [0.2, 0.25) is 5.02 Å². The number of hydrogen-bond donors (Lipinski definition) is 2. The van der Waals surface area contributed by atoms with Gasteiger partial charge in [-0.3, -0.25) is 9.59 Å². The van der Waals surface area contributed by atoms with Crippen molar-refractivity contribution in [3.8, 4) is 6.07 Å². The molecule has 0 fully saturated rings. The zero-order chi connectivity index (χ0) is 17.2. The lowest BCUT2D eigenvalue weighted by molar-refractivity contribution is -0.142. The lowest BCUT2D eigenvalue weighted by atomic mass is 10.2. The maximum absolute atomic E-state index is 12.1. The molecule has 0 saturated heterocycles. The van der Waals surface area contributed by atoms with Crippen molar-refractivity contribution in [2.75, 3.05) is 18.5 Å².